The molecule has 0 aliphatic carbocycles. The Kier molecular flexibility index (Phi) is 6.64. The van der Waals surface area contributed by atoms with Gasteiger partial charge in [-0.2, -0.15) is 0 Å². The number of halogens is 3. The molecule has 1 nitrogen and oxygen atoms in total. The van der Waals surface area contributed by atoms with Crippen LogP contribution in [-0.4, -0.2) is 16.8 Å². The van der Waals surface area contributed by atoms with Crippen molar-refractivity contribution in [3.63, 3.8) is 0 Å². The van der Waals surface area contributed by atoms with E-state index >= 15 is 0 Å². The highest BCUT2D eigenvalue weighted by Gasteiger charge is 2.07. The van der Waals surface area contributed by atoms with Crippen molar-refractivity contribution in [3.8, 4) is 5.75 Å². The summed E-state index contributed by atoms with van der Waals surface area (Å²) in [4.78, 5) is 0. The molecule has 0 atom stereocenters. The maximum absolute atomic E-state index is 5.71. The summed E-state index contributed by atoms with van der Waals surface area (Å²) in [5.74, 6) is 1.02. The zero-order valence-corrected chi connectivity index (χ0v) is 14.8. The Morgan fingerprint density at radius 2 is 1.71 bits per heavy atom. The van der Waals surface area contributed by atoms with E-state index in [1.54, 1.807) is 0 Å². The molecule has 0 fully saturated rings. The molecule has 0 N–H and O–H groups in total. The van der Waals surface area contributed by atoms with Crippen molar-refractivity contribution in [2.45, 2.75) is 12.5 Å². The molecule has 0 saturated carbocycles. The number of rotatable bonds is 4. The summed E-state index contributed by atoms with van der Waals surface area (Å²) < 4.78 is 9.34. The Hall–Kier alpha value is 1.43. The monoisotopic (exact) mass is 541 g/mol. The molecule has 3 radical (unpaired) electrons. The van der Waals surface area contributed by atoms with Gasteiger partial charge in [-0.1, -0.05) is 6.04 Å². The SMILES string of the molecule is [Si]CCCOc1c(I)cc(I)cc1I. The zero-order chi connectivity index (χ0) is 10.6. The lowest BCUT2D eigenvalue weighted by atomic mass is 10.3. The standard InChI is InChI=1S/C9H8I3OSi/c10-6-4-7(11)9(8(12)5-6)13-2-1-3-14/h4-5H,1-3H2. The quantitative estimate of drug-likeness (QED) is 0.320. The van der Waals surface area contributed by atoms with Crippen LogP contribution in [0.4, 0.5) is 0 Å². The second-order valence-corrected chi connectivity index (χ2v) is 6.72. The molecule has 0 saturated heterocycles. The van der Waals surface area contributed by atoms with Gasteiger partial charge in [0, 0.05) is 13.8 Å². The van der Waals surface area contributed by atoms with Gasteiger partial charge in [0.2, 0.25) is 0 Å². The van der Waals surface area contributed by atoms with Crippen LogP contribution in [0.5, 0.6) is 5.75 Å². The number of benzene rings is 1. The van der Waals surface area contributed by atoms with E-state index in [1.165, 1.54) is 10.7 Å². The minimum absolute atomic E-state index is 0.774. The van der Waals surface area contributed by atoms with Gasteiger partial charge < -0.3 is 4.74 Å². The van der Waals surface area contributed by atoms with Gasteiger partial charge in [0.15, 0.2) is 0 Å². The van der Waals surface area contributed by atoms with E-state index in [4.69, 9.17) is 4.74 Å². The van der Waals surface area contributed by atoms with Crippen molar-refractivity contribution in [1.82, 2.24) is 0 Å². The van der Waals surface area contributed by atoms with E-state index in [0.29, 0.717) is 0 Å². The largest absolute Gasteiger partial charge is 0.491 e. The minimum atomic E-state index is 0.774. The average Bonchev–Trinajstić information content (AvgIpc) is 2.09. The third-order valence-electron chi connectivity index (χ3n) is 1.53. The molecule has 0 unspecified atom stereocenters. The first kappa shape index (κ1) is 13.5. The third kappa shape index (κ3) is 4.12. The number of hydrogen-bond donors (Lipinski definition) is 0. The number of ether oxygens (including phenoxy) is 1. The van der Waals surface area contributed by atoms with Gasteiger partial charge >= 0.3 is 0 Å². The molecule has 0 bridgehead atoms. The molecule has 0 aliphatic heterocycles. The van der Waals surface area contributed by atoms with Gasteiger partial charge in [-0.05, 0) is 86.3 Å². The van der Waals surface area contributed by atoms with Gasteiger partial charge in [-0.3, -0.25) is 0 Å². The molecule has 0 aromatic heterocycles. The molecule has 0 heterocycles. The van der Waals surface area contributed by atoms with E-state index in [-0.39, 0.29) is 0 Å². The van der Waals surface area contributed by atoms with Gasteiger partial charge in [0.25, 0.3) is 0 Å². The van der Waals surface area contributed by atoms with E-state index < -0.39 is 0 Å². The molecule has 75 valence electrons. The summed E-state index contributed by atoms with van der Waals surface area (Å²) >= 11 is 6.95. The van der Waals surface area contributed by atoms with E-state index in [0.717, 1.165) is 24.8 Å². The summed E-state index contributed by atoms with van der Waals surface area (Å²) in [6.07, 6.45) is 1.04. The van der Waals surface area contributed by atoms with Gasteiger partial charge in [0.1, 0.15) is 5.75 Å². The van der Waals surface area contributed by atoms with Crippen LogP contribution in [0.2, 0.25) is 6.04 Å². The van der Waals surface area contributed by atoms with E-state index in [1.807, 2.05) is 0 Å². The van der Waals surface area contributed by atoms with Crippen LogP contribution in [0.25, 0.3) is 0 Å². The molecular weight excluding hydrogens is 533 g/mol. The maximum Gasteiger partial charge on any atom is 0.145 e. The van der Waals surface area contributed by atoms with Crippen LogP contribution < -0.4 is 4.74 Å². The molecular formula is C9H8I3OSi. The van der Waals surface area contributed by atoms with E-state index in [9.17, 15) is 0 Å². The lowest BCUT2D eigenvalue weighted by Gasteiger charge is -2.10. The lowest BCUT2D eigenvalue weighted by molar-refractivity contribution is 0.313. The number of hydrogen-bond acceptors (Lipinski definition) is 1. The Balaban J connectivity index is 2.75. The second-order valence-electron chi connectivity index (χ2n) is 2.65. The minimum Gasteiger partial charge on any atom is -0.491 e. The summed E-state index contributed by atoms with van der Waals surface area (Å²) in [5.41, 5.74) is 0. The van der Waals surface area contributed by atoms with Crippen molar-refractivity contribution in [3.05, 3.63) is 22.8 Å². The van der Waals surface area contributed by atoms with Crippen molar-refractivity contribution in [1.29, 1.82) is 0 Å². The van der Waals surface area contributed by atoms with Crippen molar-refractivity contribution in [2.75, 3.05) is 6.61 Å². The Bertz CT molecular complexity index is 294. The maximum atomic E-state index is 5.71. The second kappa shape index (κ2) is 6.89. The first-order valence-electron chi connectivity index (χ1n) is 4.07. The normalized spacial score (nSPS) is 10.3. The molecule has 14 heavy (non-hydrogen) atoms. The van der Waals surface area contributed by atoms with Crippen molar-refractivity contribution < 1.29 is 4.74 Å². The zero-order valence-electron chi connectivity index (χ0n) is 7.32. The fraction of sp³-hybridized carbons (Fsp3) is 0.333. The first-order valence-corrected chi connectivity index (χ1v) is 8.01. The smallest absolute Gasteiger partial charge is 0.145 e. The van der Waals surface area contributed by atoms with Crippen LogP contribution in [0, 0.1) is 10.7 Å². The molecule has 1 aromatic carbocycles. The van der Waals surface area contributed by atoms with E-state index in [2.05, 4.69) is 90.1 Å². The molecule has 1 aromatic rings. The fourth-order valence-electron chi connectivity index (χ4n) is 0.913. The summed E-state index contributed by atoms with van der Waals surface area (Å²) in [6.45, 7) is 0.774. The van der Waals surface area contributed by atoms with Gasteiger partial charge in [-0.15, -0.1) is 0 Å². The predicted octanol–water partition coefficient (Wildman–Crippen LogP) is 3.86. The first-order chi connectivity index (χ1) is 6.65. The molecule has 0 amide bonds. The molecule has 5 heteroatoms. The topological polar surface area (TPSA) is 9.23 Å². The lowest BCUT2D eigenvalue weighted by Crippen LogP contribution is -2.00. The van der Waals surface area contributed by atoms with Crippen LogP contribution in [0.15, 0.2) is 12.1 Å². The third-order valence-corrected chi connectivity index (χ3v) is 4.11. The van der Waals surface area contributed by atoms with Gasteiger partial charge in [0.05, 0.1) is 13.7 Å². The Morgan fingerprint density at radius 1 is 1.14 bits per heavy atom. The fourth-order valence-corrected chi connectivity index (χ4v) is 4.95. The average molecular weight is 541 g/mol. The van der Waals surface area contributed by atoms with Crippen LogP contribution in [0.1, 0.15) is 6.42 Å². The predicted molar refractivity (Wildman–Crippen MR) is 85.3 cm³/mol. The highest BCUT2D eigenvalue weighted by Crippen LogP contribution is 2.29. The molecule has 0 spiro atoms. The molecule has 1 rings (SSSR count). The Labute approximate surface area is 129 Å². The highest BCUT2D eigenvalue weighted by atomic mass is 127. The van der Waals surface area contributed by atoms with Crippen LogP contribution >= 0.6 is 67.8 Å². The van der Waals surface area contributed by atoms with Crippen molar-refractivity contribution in [2.24, 2.45) is 0 Å². The Morgan fingerprint density at radius 3 is 2.21 bits per heavy atom. The summed E-state index contributed by atoms with van der Waals surface area (Å²) in [7, 11) is 3.43. The van der Waals surface area contributed by atoms with Crippen LogP contribution in [0.3, 0.4) is 0 Å². The highest BCUT2D eigenvalue weighted by molar-refractivity contribution is 14.1. The van der Waals surface area contributed by atoms with Crippen LogP contribution in [-0.2, 0) is 0 Å². The van der Waals surface area contributed by atoms with Crippen molar-refractivity contribution >= 4 is 78.0 Å². The summed E-state index contributed by atoms with van der Waals surface area (Å²) in [6, 6.07) is 5.25. The molecule has 0 aliphatic rings. The van der Waals surface area contributed by atoms with Gasteiger partial charge in [-0.25, -0.2) is 0 Å². The summed E-state index contributed by atoms with van der Waals surface area (Å²) in [5, 5.41) is 0.